The van der Waals surface area contributed by atoms with Crippen molar-refractivity contribution in [2.75, 3.05) is 13.1 Å². The van der Waals surface area contributed by atoms with Crippen molar-refractivity contribution in [1.82, 2.24) is 14.7 Å². The van der Waals surface area contributed by atoms with Crippen LogP contribution in [0.5, 0.6) is 0 Å². The molecule has 0 saturated carbocycles. The zero-order valence-corrected chi connectivity index (χ0v) is 15.0. The fourth-order valence-electron chi connectivity index (χ4n) is 3.74. The van der Waals surface area contributed by atoms with E-state index in [1.54, 1.807) is 10.9 Å². The van der Waals surface area contributed by atoms with Gasteiger partial charge in [-0.15, -0.1) is 0 Å². The highest BCUT2D eigenvalue weighted by molar-refractivity contribution is 5.94. The first-order valence-electron chi connectivity index (χ1n) is 9.16. The van der Waals surface area contributed by atoms with Crippen molar-refractivity contribution in [3.8, 4) is 5.69 Å². The quantitative estimate of drug-likeness (QED) is 0.713. The maximum absolute atomic E-state index is 13.1. The van der Waals surface area contributed by atoms with Crippen molar-refractivity contribution in [3.63, 3.8) is 0 Å². The number of carbonyl (C=O) groups excluding carboxylic acids is 1. The second-order valence-electron chi connectivity index (χ2n) is 7.01. The average molecular weight is 345 g/mol. The number of nitrogens with zero attached hydrogens (tertiary/aromatic N) is 3. The Balaban J connectivity index is 1.54. The van der Waals surface area contributed by atoms with Crippen molar-refractivity contribution >= 4 is 5.91 Å². The van der Waals surface area contributed by atoms with Crippen LogP contribution in [-0.4, -0.2) is 33.7 Å². The normalized spacial score (nSPS) is 17.3. The monoisotopic (exact) mass is 345 g/mol. The molecular weight excluding hydrogens is 322 g/mol. The molecule has 1 aliphatic heterocycles. The van der Waals surface area contributed by atoms with Crippen LogP contribution in [0.1, 0.15) is 40.2 Å². The summed E-state index contributed by atoms with van der Waals surface area (Å²) in [5.74, 6) is 0.526. The molecule has 0 aliphatic carbocycles. The van der Waals surface area contributed by atoms with E-state index in [1.807, 2.05) is 41.4 Å². The summed E-state index contributed by atoms with van der Waals surface area (Å²) in [5.41, 5.74) is 4.25. The lowest BCUT2D eigenvalue weighted by molar-refractivity contribution is 0.0707. The van der Waals surface area contributed by atoms with E-state index in [-0.39, 0.29) is 5.91 Å². The molecule has 1 fully saturated rings. The van der Waals surface area contributed by atoms with Crippen molar-refractivity contribution in [2.24, 2.45) is 0 Å². The van der Waals surface area contributed by atoms with Gasteiger partial charge in [-0.1, -0.05) is 35.9 Å². The van der Waals surface area contributed by atoms with E-state index in [0.29, 0.717) is 5.92 Å². The predicted molar refractivity (Wildman–Crippen MR) is 103 cm³/mol. The standard InChI is InChI=1S/C22H23N3O/c1-17-6-2-7-18(14-17)20-9-4-12-24(16-20)22(26)19-8-3-10-21(15-19)25-13-5-11-23-25/h2-3,5-8,10-11,13-15,20H,4,9,12,16H2,1H3. The zero-order valence-electron chi connectivity index (χ0n) is 15.0. The summed E-state index contributed by atoms with van der Waals surface area (Å²) in [7, 11) is 0. The molecule has 0 radical (unpaired) electrons. The molecule has 1 aliphatic rings. The number of piperidine rings is 1. The number of aryl methyl sites for hydroxylation is 1. The second-order valence-corrected chi connectivity index (χ2v) is 7.01. The number of aromatic nitrogens is 2. The molecule has 0 bridgehead atoms. The number of hydrogen-bond acceptors (Lipinski definition) is 2. The van der Waals surface area contributed by atoms with Crippen molar-refractivity contribution in [2.45, 2.75) is 25.7 Å². The molecule has 132 valence electrons. The smallest absolute Gasteiger partial charge is 0.253 e. The van der Waals surface area contributed by atoms with Crippen LogP contribution in [0.2, 0.25) is 0 Å². The van der Waals surface area contributed by atoms with Gasteiger partial charge in [0.2, 0.25) is 0 Å². The molecule has 4 nitrogen and oxygen atoms in total. The maximum atomic E-state index is 13.1. The van der Waals surface area contributed by atoms with Gasteiger partial charge in [0, 0.05) is 37.0 Å². The fraction of sp³-hybridized carbons (Fsp3) is 0.273. The Kier molecular flexibility index (Phi) is 4.57. The number of amides is 1. The lowest BCUT2D eigenvalue weighted by Gasteiger charge is -2.33. The summed E-state index contributed by atoms with van der Waals surface area (Å²) < 4.78 is 1.78. The fourth-order valence-corrected chi connectivity index (χ4v) is 3.74. The SMILES string of the molecule is Cc1cccc(C2CCCN(C(=O)c3cccc(-n4cccn4)c3)C2)c1. The first-order chi connectivity index (χ1) is 12.7. The van der Waals surface area contributed by atoms with Gasteiger partial charge in [0.25, 0.3) is 5.91 Å². The number of rotatable bonds is 3. The minimum Gasteiger partial charge on any atom is -0.338 e. The summed E-state index contributed by atoms with van der Waals surface area (Å²) in [4.78, 5) is 15.1. The van der Waals surface area contributed by atoms with Gasteiger partial charge >= 0.3 is 0 Å². The Hall–Kier alpha value is -2.88. The Morgan fingerprint density at radius 2 is 2.00 bits per heavy atom. The maximum Gasteiger partial charge on any atom is 0.253 e. The summed E-state index contributed by atoms with van der Waals surface area (Å²) in [6, 6.07) is 18.3. The first-order valence-corrected chi connectivity index (χ1v) is 9.16. The lowest BCUT2D eigenvalue weighted by Crippen LogP contribution is -2.39. The third-order valence-corrected chi connectivity index (χ3v) is 5.08. The number of likely N-dealkylation sites (tertiary alicyclic amines) is 1. The van der Waals surface area contributed by atoms with Crippen LogP contribution in [0.3, 0.4) is 0 Å². The molecule has 3 aromatic rings. The Morgan fingerprint density at radius 3 is 2.81 bits per heavy atom. The number of carbonyl (C=O) groups is 1. The van der Waals surface area contributed by atoms with Crippen LogP contribution >= 0.6 is 0 Å². The van der Waals surface area contributed by atoms with Gasteiger partial charge in [0.15, 0.2) is 0 Å². The van der Waals surface area contributed by atoms with E-state index in [9.17, 15) is 4.79 Å². The molecule has 2 aromatic carbocycles. The van der Waals surface area contributed by atoms with E-state index in [2.05, 4.69) is 36.3 Å². The Bertz CT molecular complexity index is 901. The second kappa shape index (κ2) is 7.16. The van der Waals surface area contributed by atoms with E-state index in [4.69, 9.17) is 0 Å². The summed E-state index contributed by atoms with van der Waals surface area (Å²) in [5, 5.41) is 4.25. The Morgan fingerprint density at radius 1 is 1.12 bits per heavy atom. The van der Waals surface area contributed by atoms with Gasteiger partial charge in [0.1, 0.15) is 0 Å². The van der Waals surface area contributed by atoms with E-state index in [0.717, 1.165) is 37.2 Å². The summed E-state index contributed by atoms with van der Waals surface area (Å²) in [6.45, 7) is 3.73. The van der Waals surface area contributed by atoms with Crippen LogP contribution in [0.25, 0.3) is 5.69 Å². The minimum atomic E-state index is 0.108. The highest BCUT2D eigenvalue weighted by atomic mass is 16.2. The molecule has 4 heteroatoms. The Labute approximate surface area is 154 Å². The van der Waals surface area contributed by atoms with Crippen LogP contribution in [0, 0.1) is 6.92 Å². The molecular formula is C22H23N3O. The van der Waals surface area contributed by atoms with Gasteiger partial charge in [-0.3, -0.25) is 4.79 Å². The van der Waals surface area contributed by atoms with Crippen molar-refractivity contribution in [3.05, 3.63) is 83.7 Å². The molecule has 26 heavy (non-hydrogen) atoms. The van der Waals surface area contributed by atoms with Crippen molar-refractivity contribution < 1.29 is 4.79 Å². The summed E-state index contributed by atoms with van der Waals surface area (Å²) in [6.07, 6.45) is 5.81. The molecule has 1 aromatic heterocycles. The van der Waals surface area contributed by atoms with E-state index in [1.165, 1.54) is 11.1 Å². The molecule has 1 unspecified atom stereocenters. The largest absolute Gasteiger partial charge is 0.338 e. The molecule has 2 heterocycles. The molecule has 1 atom stereocenters. The minimum absolute atomic E-state index is 0.108. The zero-order chi connectivity index (χ0) is 17.9. The van der Waals surface area contributed by atoms with Crippen LogP contribution < -0.4 is 0 Å². The lowest BCUT2D eigenvalue weighted by atomic mass is 9.89. The van der Waals surface area contributed by atoms with Gasteiger partial charge in [-0.2, -0.15) is 5.10 Å². The van der Waals surface area contributed by atoms with Gasteiger partial charge < -0.3 is 4.90 Å². The molecule has 4 rings (SSSR count). The highest BCUT2D eigenvalue weighted by Crippen LogP contribution is 2.28. The third-order valence-electron chi connectivity index (χ3n) is 5.08. The third kappa shape index (κ3) is 3.40. The first kappa shape index (κ1) is 16.6. The van der Waals surface area contributed by atoms with Gasteiger partial charge in [0.05, 0.1) is 5.69 Å². The summed E-state index contributed by atoms with van der Waals surface area (Å²) >= 11 is 0. The molecule has 1 saturated heterocycles. The predicted octanol–water partition coefficient (Wildman–Crippen LogP) is 4.20. The number of hydrogen-bond donors (Lipinski definition) is 0. The molecule has 0 N–H and O–H groups in total. The van der Waals surface area contributed by atoms with E-state index >= 15 is 0 Å². The van der Waals surface area contributed by atoms with Gasteiger partial charge in [-0.05, 0) is 49.6 Å². The van der Waals surface area contributed by atoms with Crippen LogP contribution in [0.15, 0.2) is 67.0 Å². The molecule has 0 spiro atoms. The highest BCUT2D eigenvalue weighted by Gasteiger charge is 2.25. The molecule has 1 amide bonds. The number of benzene rings is 2. The van der Waals surface area contributed by atoms with Crippen molar-refractivity contribution in [1.29, 1.82) is 0 Å². The average Bonchev–Trinajstić information content (AvgIpc) is 3.22. The topological polar surface area (TPSA) is 38.1 Å². The van der Waals surface area contributed by atoms with Crippen LogP contribution in [-0.2, 0) is 0 Å². The van der Waals surface area contributed by atoms with E-state index < -0.39 is 0 Å². The van der Waals surface area contributed by atoms with Gasteiger partial charge in [-0.25, -0.2) is 4.68 Å². The van der Waals surface area contributed by atoms with Crippen LogP contribution in [0.4, 0.5) is 0 Å².